The van der Waals surface area contributed by atoms with Crippen LogP contribution in [0.5, 0.6) is 5.75 Å². The van der Waals surface area contributed by atoms with Gasteiger partial charge in [0.2, 0.25) is 5.91 Å². The van der Waals surface area contributed by atoms with E-state index in [0.29, 0.717) is 12.5 Å². The summed E-state index contributed by atoms with van der Waals surface area (Å²) in [6.45, 7) is 1.94. The largest absolute Gasteiger partial charge is 0.490 e. The number of benzene rings is 1. The number of carbonyl (C=O) groups is 1. The van der Waals surface area contributed by atoms with Crippen LogP contribution in [0.1, 0.15) is 36.4 Å². The van der Waals surface area contributed by atoms with Gasteiger partial charge < -0.3 is 10.1 Å². The zero-order valence-corrected chi connectivity index (χ0v) is 13.5. The Hall–Kier alpha value is -1.88. The van der Waals surface area contributed by atoms with Crippen LogP contribution in [0.25, 0.3) is 0 Å². The van der Waals surface area contributed by atoms with Crippen molar-refractivity contribution in [1.82, 2.24) is 4.98 Å². The van der Waals surface area contributed by atoms with Gasteiger partial charge in [-0.05, 0) is 44.7 Å². The minimum atomic E-state index is -0.0525. The molecule has 0 bridgehead atoms. The van der Waals surface area contributed by atoms with Crippen LogP contribution in [0.3, 0.4) is 0 Å². The molecule has 1 fully saturated rings. The second-order valence-electron chi connectivity index (χ2n) is 5.63. The van der Waals surface area contributed by atoms with E-state index in [1.54, 1.807) is 11.3 Å². The van der Waals surface area contributed by atoms with Crippen LogP contribution in [0.2, 0.25) is 0 Å². The fraction of sp³-hybridized carbons (Fsp3) is 0.412. The second kappa shape index (κ2) is 6.92. The van der Waals surface area contributed by atoms with E-state index in [1.807, 2.05) is 36.6 Å². The first-order valence-corrected chi connectivity index (χ1v) is 8.54. The molecule has 116 valence electrons. The average molecular weight is 316 g/mol. The first-order chi connectivity index (χ1) is 10.7. The van der Waals surface area contributed by atoms with Crippen LogP contribution in [-0.2, 0) is 11.2 Å². The maximum Gasteiger partial charge on any atom is 0.230 e. The fourth-order valence-electron chi connectivity index (χ4n) is 2.70. The average Bonchev–Trinajstić information content (AvgIpc) is 3.11. The SMILES string of the molecule is Cc1nc(CC(=O)Nc2cccc(OC3CCCC3)c2)cs1. The minimum absolute atomic E-state index is 0.0525. The Kier molecular flexibility index (Phi) is 4.73. The molecule has 2 aromatic rings. The van der Waals surface area contributed by atoms with E-state index >= 15 is 0 Å². The summed E-state index contributed by atoms with van der Waals surface area (Å²) in [7, 11) is 0. The van der Waals surface area contributed by atoms with Crippen molar-refractivity contribution in [3.63, 3.8) is 0 Å². The molecule has 0 spiro atoms. The molecule has 4 nitrogen and oxygen atoms in total. The number of aromatic nitrogens is 1. The van der Waals surface area contributed by atoms with E-state index < -0.39 is 0 Å². The number of anilines is 1. The summed E-state index contributed by atoms with van der Waals surface area (Å²) in [5.41, 5.74) is 1.59. The van der Waals surface area contributed by atoms with E-state index in [4.69, 9.17) is 4.74 Å². The molecule has 5 heteroatoms. The Balaban J connectivity index is 1.58. The number of nitrogens with one attached hydrogen (secondary N) is 1. The van der Waals surface area contributed by atoms with Crippen LogP contribution >= 0.6 is 11.3 Å². The Labute approximate surface area is 134 Å². The number of amides is 1. The van der Waals surface area contributed by atoms with Gasteiger partial charge in [0.05, 0.1) is 23.2 Å². The predicted molar refractivity (Wildman–Crippen MR) is 88.5 cm³/mol. The standard InChI is InChI=1S/C17H20N2O2S/c1-12-18-14(11-22-12)10-17(20)19-13-5-4-8-16(9-13)21-15-6-2-3-7-15/h4-5,8-9,11,15H,2-3,6-7,10H2,1H3,(H,19,20). The molecule has 0 atom stereocenters. The molecule has 1 N–H and O–H groups in total. The van der Waals surface area contributed by atoms with Crippen molar-refractivity contribution in [3.8, 4) is 5.75 Å². The zero-order valence-electron chi connectivity index (χ0n) is 12.7. The molecule has 1 aliphatic rings. The van der Waals surface area contributed by atoms with Crippen molar-refractivity contribution >= 4 is 22.9 Å². The number of rotatable bonds is 5. The Morgan fingerprint density at radius 2 is 2.23 bits per heavy atom. The summed E-state index contributed by atoms with van der Waals surface area (Å²) in [6, 6.07) is 7.62. The quantitative estimate of drug-likeness (QED) is 0.908. The predicted octanol–water partition coefficient (Wildman–Crippen LogP) is 3.95. The molecule has 3 rings (SSSR count). The van der Waals surface area contributed by atoms with Gasteiger partial charge in [-0.25, -0.2) is 4.98 Å². The van der Waals surface area contributed by atoms with Crippen LogP contribution in [0, 0.1) is 6.92 Å². The van der Waals surface area contributed by atoms with Gasteiger partial charge in [0.1, 0.15) is 5.75 Å². The van der Waals surface area contributed by atoms with Gasteiger partial charge in [0.15, 0.2) is 0 Å². The molecule has 1 aromatic heterocycles. The third-order valence-electron chi connectivity index (χ3n) is 3.73. The maximum atomic E-state index is 12.1. The molecule has 1 amide bonds. The fourth-order valence-corrected chi connectivity index (χ4v) is 3.32. The normalized spacial score (nSPS) is 15.0. The van der Waals surface area contributed by atoms with Crippen molar-refractivity contribution in [3.05, 3.63) is 40.3 Å². The van der Waals surface area contributed by atoms with E-state index in [1.165, 1.54) is 12.8 Å². The van der Waals surface area contributed by atoms with E-state index in [2.05, 4.69) is 10.3 Å². The van der Waals surface area contributed by atoms with Crippen molar-refractivity contribution < 1.29 is 9.53 Å². The van der Waals surface area contributed by atoms with Gasteiger partial charge in [-0.15, -0.1) is 11.3 Å². The van der Waals surface area contributed by atoms with Gasteiger partial charge in [0, 0.05) is 17.1 Å². The maximum absolute atomic E-state index is 12.1. The number of hydrogen-bond donors (Lipinski definition) is 1. The number of ether oxygens (including phenoxy) is 1. The molecule has 0 saturated heterocycles. The highest BCUT2D eigenvalue weighted by Crippen LogP contribution is 2.25. The molecule has 22 heavy (non-hydrogen) atoms. The van der Waals surface area contributed by atoms with Gasteiger partial charge in [-0.1, -0.05) is 6.07 Å². The van der Waals surface area contributed by atoms with Gasteiger partial charge >= 0.3 is 0 Å². The summed E-state index contributed by atoms with van der Waals surface area (Å²) in [6.07, 6.45) is 5.36. The van der Waals surface area contributed by atoms with Crippen LogP contribution in [0.4, 0.5) is 5.69 Å². The molecule has 0 aliphatic heterocycles. The number of carbonyl (C=O) groups excluding carboxylic acids is 1. The van der Waals surface area contributed by atoms with Crippen molar-refractivity contribution in [2.24, 2.45) is 0 Å². The topological polar surface area (TPSA) is 51.2 Å². The van der Waals surface area contributed by atoms with Gasteiger partial charge in [-0.2, -0.15) is 0 Å². The van der Waals surface area contributed by atoms with Crippen molar-refractivity contribution in [1.29, 1.82) is 0 Å². The first kappa shape index (κ1) is 15.0. The molecule has 1 aromatic carbocycles. The minimum Gasteiger partial charge on any atom is -0.490 e. The lowest BCUT2D eigenvalue weighted by Crippen LogP contribution is -2.15. The number of nitrogens with zero attached hydrogens (tertiary/aromatic N) is 1. The van der Waals surface area contributed by atoms with Crippen molar-refractivity contribution in [2.75, 3.05) is 5.32 Å². The first-order valence-electron chi connectivity index (χ1n) is 7.66. The lowest BCUT2D eigenvalue weighted by atomic mass is 10.2. The van der Waals surface area contributed by atoms with Crippen LogP contribution < -0.4 is 10.1 Å². The summed E-state index contributed by atoms with van der Waals surface area (Å²) >= 11 is 1.56. The highest BCUT2D eigenvalue weighted by molar-refractivity contribution is 7.09. The molecular formula is C17H20N2O2S. The molecule has 0 unspecified atom stereocenters. The van der Waals surface area contributed by atoms with Crippen LogP contribution in [0.15, 0.2) is 29.6 Å². The zero-order chi connectivity index (χ0) is 15.4. The number of aryl methyl sites for hydroxylation is 1. The second-order valence-corrected chi connectivity index (χ2v) is 6.70. The van der Waals surface area contributed by atoms with Crippen molar-refractivity contribution in [2.45, 2.75) is 45.1 Å². The summed E-state index contributed by atoms with van der Waals surface area (Å²) < 4.78 is 5.96. The Bertz CT molecular complexity index is 648. The highest BCUT2D eigenvalue weighted by Gasteiger charge is 2.16. The van der Waals surface area contributed by atoms with E-state index in [-0.39, 0.29) is 5.91 Å². The van der Waals surface area contributed by atoms with Crippen LogP contribution in [-0.4, -0.2) is 17.0 Å². The van der Waals surface area contributed by atoms with Gasteiger partial charge in [-0.3, -0.25) is 4.79 Å². The summed E-state index contributed by atoms with van der Waals surface area (Å²) in [5.74, 6) is 0.775. The highest BCUT2D eigenvalue weighted by atomic mass is 32.1. The third-order valence-corrected chi connectivity index (χ3v) is 4.55. The van der Waals surface area contributed by atoms with E-state index in [0.717, 1.165) is 35.0 Å². The third kappa shape index (κ3) is 4.07. The molecule has 0 radical (unpaired) electrons. The number of thiazole rings is 1. The molecular weight excluding hydrogens is 296 g/mol. The summed E-state index contributed by atoms with van der Waals surface area (Å²) in [5, 5.41) is 5.82. The molecule has 1 saturated carbocycles. The smallest absolute Gasteiger partial charge is 0.230 e. The Morgan fingerprint density at radius 3 is 2.95 bits per heavy atom. The van der Waals surface area contributed by atoms with Gasteiger partial charge in [0.25, 0.3) is 0 Å². The lowest BCUT2D eigenvalue weighted by Gasteiger charge is -2.14. The lowest BCUT2D eigenvalue weighted by molar-refractivity contribution is -0.115. The monoisotopic (exact) mass is 316 g/mol. The molecule has 1 aliphatic carbocycles. The van der Waals surface area contributed by atoms with E-state index in [9.17, 15) is 4.79 Å². The number of hydrogen-bond acceptors (Lipinski definition) is 4. The molecule has 1 heterocycles. The summed E-state index contributed by atoms with van der Waals surface area (Å²) in [4.78, 5) is 16.4. The Morgan fingerprint density at radius 1 is 1.41 bits per heavy atom.